The van der Waals surface area contributed by atoms with Crippen molar-refractivity contribution in [2.75, 3.05) is 24.7 Å². The molecule has 23 heavy (non-hydrogen) atoms. The molecule has 1 aromatic heterocycles. The number of aromatic nitrogens is 1. The summed E-state index contributed by atoms with van der Waals surface area (Å²) in [6.45, 7) is 4.92. The fourth-order valence-electron chi connectivity index (χ4n) is 2.32. The van der Waals surface area contributed by atoms with Gasteiger partial charge in [0.25, 0.3) is 0 Å². The largest absolute Gasteiger partial charge is 0.323 e. The standard InChI is InChI=1S/C18H23N3OS/c1-4-21(3)17(14-9-7-6-8-10-14)18(22)20-15-11-12-16(19-13-15)23-5-2/h6-13,17H,4-5H2,1-3H3,(H,20,22). The van der Waals surface area contributed by atoms with Crippen LogP contribution in [-0.2, 0) is 4.79 Å². The zero-order chi connectivity index (χ0) is 16.7. The Balaban J connectivity index is 2.14. The Bertz CT molecular complexity index is 616. The van der Waals surface area contributed by atoms with Gasteiger partial charge in [0, 0.05) is 0 Å². The maximum Gasteiger partial charge on any atom is 0.246 e. The smallest absolute Gasteiger partial charge is 0.246 e. The highest BCUT2D eigenvalue weighted by molar-refractivity contribution is 7.99. The van der Waals surface area contributed by atoms with Crippen molar-refractivity contribution in [2.24, 2.45) is 0 Å². The van der Waals surface area contributed by atoms with Crippen molar-refractivity contribution >= 4 is 23.4 Å². The lowest BCUT2D eigenvalue weighted by Gasteiger charge is -2.26. The molecule has 0 aliphatic carbocycles. The highest BCUT2D eigenvalue weighted by Gasteiger charge is 2.24. The Kier molecular flexibility index (Phi) is 6.62. The molecule has 0 aliphatic rings. The molecule has 4 nitrogen and oxygen atoms in total. The van der Waals surface area contributed by atoms with Crippen molar-refractivity contribution in [3.63, 3.8) is 0 Å². The summed E-state index contributed by atoms with van der Waals surface area (Å²) in [4.78, 5) is 19.1. The Morgan fingerprint density at radius 1 is 1.22 bits per heavy atom. The molecule has 0 saturated carbocycles. The molecule has 1 aromatic carbocycles. The van der Waals surface area contributed by atoms with Gasteiger partial charge in [-0.15, -0.1) is 11.8 Å². The second kappa shape index (κ2) is 8.70. The van der Waals surface area contributed by atoms with Gasteiger partial charge in [-0.1, -0.05) is 44.2 Å². The number of amides is 1. The third kappa shape index (κ3) is 4.81. The second-order valence-electron chi connectivity index (χ2n) is 5.19. The lowest BCUT2D eigenvalue weighted by molar-refractivity contribution is -0.121. The second-order valence-corrected chi connectivity index (χ2v) is 6.48. The molecule has 1 amide bonds. The zero-order valence-corrected chi connectivity index (χ0v) is 14.6. The van der Waals surface area contributed by atoms with Crippen LogP contribution in [0.5, 0.6) is 0 Å². The number of nitrogens with zero attached hydrogens (tertiary/aromatic N) is 2. The number of benzene rings is 1. The van der Waals surface area contributed by atoms with Crippen molar-refractivity contribution in [3.05, 3.63) is 54.2 Å². The predicted octanol–water partition coefficient (Wildman–Crippen LogP) is 3.83. The molecule has 0 aliphatic heterocycles. The summed E-state index contributed by atoms with van der Waals surface area (Å²) in [5, 5.41) is 3.94. The van der Waals surface area contributed by atoms with Crippen molar-refractivity contribution in [2.45, 2.75) is 24.9 Å². The first kappa shape index (κ1) is 17.5. The van der Waals surface area contributed by atoms with E-state index in [2.05, 4.69) is 17.2 Å². The first-order valence-electron chi connectivity index (χ1n) is 7.80. The molecule has 0 saturated heterocycles. The molecule has 0 spiro atoms. The van der Waals surface area contributed by atoms with Crippen LogP contribution < -0.4 is 5.32 Å². The van der Waals surface area contributed by atoms with Gasteiger partial charge in [-0.05, 0) is 37.0 Å². The minimum atomic E-state index is -0.314. The highest BCUT2D eigenvalue weighted by atomic mass is 32.2. The van der Waals surface area contributed by atoms with Gasteiger partial charge >= 0.3 is 0 Å². The van der Waals surface area contributed by atoms with Crippen LogP contribution in [-0.4, -0.2) is 35.1 Å². The lowest BCUT2D eigenvalue weighted by atomic mass is 10.0. The van der Waals surface area contributed by atoms with Gasteiger partial charge in [-0.2, -0.15) is 0 Å². The minimum Gasteiger partial charge on any atom is -0.323 e. The van der Waals surface area contributed by atoms with Crippen molar-refractivity contribution in [1.82, 2.24) is 9.88 Å². The molecule has 2 aromatic rings. The highest BCUT2D eigenvalue weighted by Crippen LogP contribution is 2.22. The van der Waals surface area contributed by atoms with E-state index < -0.39 is 0 Å². The van der Waals surface area contributed by atoms with Crippen LogP contribution in [0.2, 0.25) is 0 Å². The van der Waals surface area contributed by atoms with Gasteiger partial charge in [-0.3, -0.25) is 9.69 Å². The van der Waals surface area contributed by atoms with E-state index in [0.717, 1.165) is 28.6 Å². The van der Waals surface area contributed by atoms with Gasteiger partial charge in [0.05, 0.1) is 16.9 Å². The van der Waals surface area contributed by atoms with Crippen LogP contribution in [0.1, 0.15) is 25.5 Å². The Morgan fingerprint density at radius 2 is 1.96 bits per heavy atom. The molecule has 1 atom stereocenters. The molecule has 0 bridgehead atoms. The SMILES string of the molecule is CCSc1ccc(NC(=O)C(c2ccccc2)N(C)CC)cn1. The molecule has 0 radical (unpaired) electrons. The van der Waals surface area contributed by atoms with E-state index in [1.165, 1.54) is 0 Å². The number of rotatable bonds is 7. The molecular weight excluding hydrogens is 306 g/mol. The maximum absolute atomic E-state index is 12.7. The Morgan fingerprint density at radius 3 is 2.52 bits per heavy atom. The van der Waals surface area contributed by atoms with Crippen LogP contribution in [0.15, 0.2) is 53.7 Å². The number of pyridine rings is 1. The number of carbonyl (C=O) groups excluding carboxylic acids is 1. The van der Waals surface area contributed by atoms with Crippen LogP contribution in [0.3, 0.4) is 0 Å². The lowest BCUT2D eigenvalue weighted by Crippen LogP contribution is -2.34. The summed E-state index contributed by atoms with van der Waals surface area (Å²) in [7, 11) is 1.95. The summed E-state index contributed by atoms with van der Waals surface area (Å²) >= 11 is 1.68. The van der Waals surface area contributed by atoms with E-state index in [1.807, 2.05) is 61.3 Å². The summed E-state index contributed by atoms with van der Waals surface area (Å²) in [6, 6.07) is 13.4. The number of nitrogens with one attached hydrogen (secondary N) is 1. The molecule has 1 N–H and O–H groups in total. The first-order valence-corrected chi connectivity index (χ1v) is 8.79. The molecule has 122 valence electrons. The monoisotopic (exact) mass is 329 g/mol. The van der Waals surface area contributed by atoms with E-state index >= 15 is 0 Å². The van der Waals surface area contributed by atoms with Crippen LogP contribution in [0.4, 0.5) is 5.69 Å². The van der Waals surface area contributed by atoms with Crippen LogP contribution in [0.25, 0.3) is 0 Å². The fraction of sp³-hybridized carbons (Fsp3) is 0.333. The summed E-state index contributed by atoms with van der Waals surface area (Å²) in [6.07, 6.45) is 1.71. The van der Waals surface area contributed by atoms with E-state index in [9.17, 15) is 4.79 Å². The average Bonchev–Trinajstić information content (AvgIpc) is 2.58. The van der Waals surface area contributed by atoms with E-state index in [1.54, 1.807) is 18.0 Å². The van der Waals surface area contributed by atoms with Crippen LogP contribution in [0, 0.1) is 0 Å². The Hall–Kier alpha value is -1.85. The predicted molar refractivity (Wildman–Crippen MR) is 96.8 cm³/mol. The third-order valence-corrected chi connectivity index (χ3v) is 4.43. The molecule has 5 heteroatoms. The topological polar surface area (TPSA) is 45.2 Å². The molecule has 2 rings (SSSR count). The molecule has 1 heterocycles. The number of likely N-dealkylation sites (N-methyl/N-ethyl adjacent to an activating group) is 1. The number of hydrogen-bond donors (Lipinski definition) is 1. The van der Waals surface area contributed by atoms with Gasteiger partial charge in [0.2, 0.25) is 5.91 Å². The normalized spacial score (nSPS) is 12.2. The maximum atomic E-state index is 12.7. The number of thioether (sulfide) groups is 1. The van der Waals surface area contributed by atoms with Crippen molar-refractivity contribution in [3.8, 4) is 0 Å². The van der Waals surface area contributed by atoms with Gasteiger partial charge < -0.3 is 5.32 Å². The number of anilines is 1. The van der Waals surface area contributed by atoms with Crippen LogP contribution >= 0.6 is 11.8 Å². The van der Waals surface area contributed by atoms with Gasteiger partial charge in [0.1, 0.15) is 6.04 Å². The first-order chi connectivity index (χ1) is 11.2. The van der Waals surface area contributed by atoms with E-state index in [-0.39, 0.29) is 11.9 Å². The van der Waals surface area contributed by atoms with E-state index in [4.69, 9.17) is 0 Å². The number of hydrogen-bond acceptors (Lipinski definition) is 4. The molecule has 0 fully saturated rings. The van der Waals surface area contributed by atoms with Crippen molar-refractivity contribution < 1.29 is 4.79 Å². The van der Waals surface area contributed by atoms with Gasteiger partial charge in [-0.25, -0.2) is 4.98 Å². The third-order valence-electron chi connectivity index (χ3n) is 3.60. The quantitative estimate of drug-likeness (QED) is 0.784. The minimum absolute atomic E-state index is 0.0433. The fourth-order valence-corrected chi connectivity index (χ4v) is 2.91. The zero-order valence-electron chi connectivity index (χ0n) is 13.8. The summed E-state index contributed by atoms with van der Waals surface area (Å²) in [5.41, 5.74) is 1.71. The molecule has 1 unspecified atom stereocenters. The van der Waals surface area contributed by atoms with Gasteiger partial charge in [0.15, 0.2) is 0 Å². The van der Waals surface area contributed by atoms with Crippen molar-refractivity contribution in [1.29, 1.82) is 0 Å². The number of carbonyl (C=O) groups is 1. The summed E-state index contributed by atoms with van der Waals surface area (Å²) < 4.78 is 0. The summed E-state index contributed by atoms with van der Waals surface area (Å²) in [5.74, 6) is 0.939. The Labute approximate surface area is 142 Å². The van der Waals surface area contributed by atoms with E-state index in [0.29, 0.717) is 0 Å². The average molecular weight is 329 g/mol. The molecular formula is C18H23N3OS.